The Morgan fingerprint density at radius 2 is 2.13 bits per heavy atom. The fourth-order valence-electron chi connectivity index (χ4n) is 2.15. The van der Waals surface area contributed by atoms with Gasteiger partial charge in [-0.3, -0.25) is 0 Å². The Hall–Kier alpha value is -0.160. The fraction of sp³-hybridized carbons (Fsp3) is 1.00. The average Bonchev–Trinajstić information content (AvgIpc) is 2.70. The first-order chi connectivity index (χ1) is 7.38. The third-order valence-electron chi connectivity index (χ3n) is 3.05. The van der Waals surface area contributed by atoms with Gasteiger partial charge in [0.15, 0.2) is 0 Å². The normalized spacial score (nSPS) is 26.0. The van der Waals surface area contributed by atoms with E-state index in [0.717, 1.165) is 19.7 Å². The zero-order valence-corrected chi connectivity index (χ0v) is 9.71. The smallest absolute Gasteiger partial charge is 0.0700 e. The van der Waals surface area contributed by atoms with Crippen LogP contribution in [0.25, 0.3) is 0 Å². The minimum absolute atomic E-state index is 0.612. The SMILES string of the molecule is COCCOCCNC1CCCC1CN. The lowest BCUT2D eigenvalue weighted by Gasteiger charge is -2.19. The van der Waals surface area contributed by atoms with E-state index in [1.165, 1.54) is 19.3 Å². The predicted molar refractivity (Wildman–Crippen MR) is 60.9 cm³/mol. The highest BCUT2D eigenvalue weighted by atomic mass is 16.5. The van der Waals surface area contributed by atoms with Crippen LogP contribution >= 0.6 is 0 Å². The minimum Gasteiger partial charge on any atom is -0.382 e. The predicted octanol–water partition coefficient (Wildman–Crippen LogP) is 0.366. The highest BCUT2D eigenvalue weighted by molar-refractivity contribution is 4.83. The number of ether oxygens (including phenoxy) is 2. The van der Waals surface area contributed by atoms with Crippen LogP contribution in [0.3, 0.4) is 0 Å². The van der Waals surface area contributed by atoms with E-state index in [1.807, 2.05) is 0 Å². The lowest BCUT2D eigenvalue weighted by molar-refractivity contribution is 0.0706. The molecule has 0 aromatic carbocycles. The molecule has 1 rings (SSSR count). The first kappa shape index (κ1) is 12.9. The molecule has 0 saturated heterocycles. The third kappa shape index (κ3) is 4.93. The summed E-state index contributed by atoms with van der Waals surface area (Å²) >= 11 is 0. The molecule has 4 nitrogen and oxygen atoms in total. The molecule has 3 N–H and O–H groups in total. The first-order valence-electron chi connectivity index (χ1n) is 5.88. The molecule has 0 amide bonds. The first-order valence-corrected chi connectivity index (χ1v) is 5.88. The van der Waals surface area contributed by atoms with Crippen LogP contribution in [0.5, 0.6) is 0 Å². The van der Waals surface area contributed by atoms with Crippen LogP contribution in [0.1, 0.15) is 19.3 Å². The standard InChI is InChI=1S/C11H24N2O2/c1-14-7-8-15-6-5-13-11-4-2-3-10(11)9-12/h10-11,13H,2-9,12H2,1H3. The van der Waals surface area contributed by atoms with Crippen LogP contribution in [0.2, 0.25) is 0 Å². The summed E-state index contributed by atoms with van der Waals surface area (Å²) < 4.78 is 10.3. The van der Waals surface area contributed by atoms with E-state index < -0.39 is 0 Å². The zero-order valence-electron chi connectivity index (χ0n) is 9.71. The molecule has 0 radical (unpaired) electrons. The van der Waals surface area contributed by atoms with E-state index in [4.69, 9.17) is 15.2 Å². The zero-order chi connectivity index (χ0) is 10.9. The minimum atomic E-state index is 0.612. The second kappa shape index (κ2) is 8.05. The quantitative estimate of drug-likeness (QED) is 0.575. The second-order valence-electron chi connectivity index (χ2n) is 4.09. The van der Waals surface area contributed by atoms with E-state index in [2.05, 4.69) is 5.32 Å². The van der Waals surface area contributed by atoms with Crippen LogP contribution in [-0.2, 0) is 9.47 Å². The van der Waals surface area contributed by atoms with E-state index in [1.54, 1.807) is 7.11 Å². The van der Waals surface area contributed by atoms with Crippen molar-refractivity contribution in [1.82, 2.24) is 5.32 Å². The highest BCUT2D eigenvalue weighted by Crippen LogP contribution is 2.24. The highest BCUT2D eigenvalue weighted by Gasteiger charge is 2.24. The molecular formula is C11H24N2O2. The van der Waals surface area contributed by atoms with Crippen LogP contribution < -0.4 is 11.1 Å². The van der Waals surface area contributed by atoms with Crippen molar-refractivity contribution < 1.29 is 9.47 Å². The maximum atomic E-state index is 5.71. The molecule has 1 aliphatic rings. The van der Waals surface area contributed by atoms with Gasteiger partial charge in [-0.15, -0.1) is 0 Å². The third-order valence-corrected chi connectivity index (χ3v) is 3.05. The van der Waals surface area contributed by atoms with Crippen molar-refractivity contribution >= 4 is 0 Å². The van der Waals surface area contributed by atoms with Crippen molar-refractivity contribution in [2.24, 2.45) is 11.7 Å². The number of hydrogen-bond acceptors (Lipinski definition) is 4. The summed E-state index contributed by atoms with van der Waals surface area (Å²) in [4.78, 5) is 0. The molecule has 1 aliphatic carbocycles. The van der Waals surface area contributed by atoms with Gasteiger partial charge >= 0.3 is 0 Å². The van der Waals surface area contributed by atoms with Crippen LogP contribution in [0.4, 0.5) is 0 Å². The monoisotopic (exact) mass is 216 g/mol. The summed E-state index contributed by atoms with van der Waals surface area (Å²) in [6.45, 7) is 3.85. The fourth-order valence-corrected chi connectivity index (χ4v) is 2.15. The Kier molecular flexibility index (Phi) is 6.92. The molecule has 2 unspecified atom stereocenters. The Labute approximate surface area is 92.5 Å². The van der Waals surface area contributed by atoms with Crippen molar-refractivity contribution in [2.45, 2.75) is 25.3 Å². The van der Waals surface area contributed by atoms with Gasteiger partial charge in [0.25, 0.3) is 0 Å². The van der Waals surface area contributed by atoms with Gasteiger partial charge in [-0.1, -0.05) is 6.42 Å². The molecule has 0 aliphatic heterocycles. The number of hydrogen-bond donors (Lipinski definition) is 2. The summed E-state index contributed by atoms with van der Waals surface area (Å²) in [5.74, 6) is 0.670. The molecule has 0 spiro atoms. The van der Waals surface area contributed by atoms with Crippen LogP contribution in [-0.4, -0.2) is 46.1 Å². The molecule has 0 aromatic rings. The van der Waals surface area contributed by atoms with Crippen molar-refractivity contribution in [3.63, 3.8) is 0 Å². The molecule has 0 bridgehead atoms. The average molecular weight is 216 g/mol. The Morgan fingerprint density at radius 3 is 2.87 bits per heavy atom. The molecule has 0 heterocycles. The molecule has 1 fully saturated rings. The number of rotatable bonds is 8. The second-order valence-corrected chi connectivity index (χ2v) is 4.09. The lowest BCUT2D eigenvalue weighted by atomic mass is 10.0. The van der Waals surface area contributed by atoms with Crippen LogP contribution in [0, 0.1) is 5.92 Å². The van der Waals surface area contributed by atoms with E-state index in [0.29, 0.717) is 25.2 Å². The number of methoxy groups -OCH3 is 1. The summed E-state index contributed by atoms with van der Waals surface area (Å²) in [5.41, 5.74) is 5.71. The number of nitrogens with one attached hydrogen (secondary N) is 1. The summed E-state index contributed by atoms with van der Waals surface area (Å²) in [7, 11) is 1.69. The van der Waals surface area contributed by atoms with Crippen molar-refractivity contribution in [3.05, 3.63) is 0 Å². The maximum absolute atomic E-state index is 5.71. The van der Waals surface area contributed by atoms with Gasteiger partial charge in [0.05, 0.1) is 19.8 Å². The van der Waals surface area contributed by atoms with Gasteiger partial charge in [0.2, 0.25) is 0 Å². The molecule has 90 valence electrons. The van der Waals surface area contributed by atoms with Crippen LogP contribution in [0.15, 0.2) is 0 Å². The van der Waals surface area contributed by atoms with E-state index >= 15 is 0 Å². The van der Waals surface area contributed by atoms with Crippen molar-refractivity contribution in [2.75, 3.05) is 40.0 Å². The Morgan fingerprint density at radius 1 is 1.27 bits per heavy atom. The van der Waals surface area contributed by atoms with Crippen molar-refractivity contribution in [3.8, 4) is 0 Å². The van der Waals surface area contributed by atoms with Gasteiger partial charge in [-0.05, 0) is 25.3 Å². The largest absolute Gasteiger partial charge is 0.382 e. The summed E-state index contributed by atoms with van der Waals surface area (Å²) in [6, 6.07) is 0.612. The molecular weight excluding hydrogens is 192 g/mol. The molecule has 2 atom stereocenters. The van der Waals surface area contributed by atoms with Gasteiger partial charge in [0, 0.05) is 19.7 Å². The summed E-state index contributed by atoms with van der Waals surface area (Å²) in [6.07, 6.45) is 3.85. The maximum Gasteiger partial charge on any atom is 0.0700 e. The van der Waals surface area contributed by atoms with Crippen molar-refractivity contribution in [1.29, 1.82) is 0 Å². The van der Waals surface area contributed by atoms with E-state index in [9.17, 15) is 0 Å². The Bertz CT molecular complexity index is 156. The van der Waals surface area contributed by atoms with Gasteiger partial charge < -0.3 is 20.5 Å². The molecule has 15 heavy (non-hydrogen) atoms. The number of nitrogens with two attached hydrogens (primary N) is 1. The van der Waals surface area contributed by atoms with Gasteiger partial charge in [-0.25, -0.2) is 0 Å². The van der Waals surface area contributed by atoms with Gasteiger partial charge in [-0.2, -0.15) is 0 Å². The lowest BCUT2D eigenvalue weighted by Crippen LogP contribution is -2.37. The Balaban J connectivity index is 1.95. The molecule has 0 aromatic heterocycles. The van der Waals surface area contributed by atoms with E-state index in [-0.39, 0.29) is 0 Å². The van der Waals surface area contributed by atoms with Gasteiger partial charge in [0.1, 0.15) is 0 Å². The molecule has 4 heteroatoms. The summed E-state index contributed by atoms with van der Waals surface area (Å²) in [5, 5.41) is 3.51. The molecule has 1 saturated carbocycles. The topological polar surface area (TPSA) is 56.5 Å².